The largest absolute Gasteiger partial charge is 0.573 e. The maximum atomic E-state index is 14.1. The van der Waals surface area contributed by atoms with Gasteiger partial charge in [-0.25, -0.2) is 0 Å². The second-order valence-electron chi connectivity index (χ2n) is 17.7. The van der Waals surface area contributed by atoms with E-state index in [-0.39, 0.29) is 18.3 Å². The number of piperidine rings is 1. The molecule has 17 heteroatoms. The van der Waals surface area contributed by atoms with E-state index in [0.29, 0.717) is 91.6 Å². The molecule has 0 radical (unpaired) electrons. The minimum atomic E-state index is -4.79. The van der Waals surface area contributed by atoms with Gasteiger partial charge in [-0.1, -0.05) is 53.5 Å². The Bertz CT molecular complexity index is 2680. The third-order valence-corrected chi connectivity index (χ3v) is 13.8. The summed E-state index contributed by atoms with van der Waals surface area (Å²) in [6.07, 6.45) is -0.853. The van der Waals surface area contributed by atoms with Crippen LogP contribution in [0.3, 0.4) is 0 Å². The molecule has 1 aromatic heterocycles. The van der Waals surface area contributed by atoms with Crippen molar-refractivity contribution in [3.8, 4) is 39.9 Å². The summed E-state index contributed by atoms with van der Waals surface area (Å²) >= 11 is 12.9. The second-order valence-corrected chi connectivity index (χ2v) is 18.5. The number of nitrogens with zero attached hydrogens (tertiary/aromatic N) is 3. The molecule has 0 aliphatic carbocycles. The number of amides is 1. The van der Waals surface area contributed by atoms with E-state index in [0.717, 1.165) is 77.0 Å². The van der Waals surface area contributed by atoms with Gasteiger partial charge < -0.3 is 38.9 Å². The summed E-state index contributed by atoms with van der Waals surface area (Å²) in [5, 5.41) is 12.6. The van der Waals surface area contributed by atoms with Crippen molar-refractivity contribution in [3.05, 3.63) is 136 Å². The van der Waals surface area contributed by atoms with Crippen LogP contribution in [0.4, 0.5) is 13.2 Å². The van der Waals surface area contributed by atoms with Crippen molar-refractivity contribution in [2.24, 2.45) is 0 Å². The summed E-state index contributed by atoms with van der Waals surface area (Å²) in [6.45, 7) is 8.06. The van der Waals surface area contributed by atoms with E-state index in [9.17, 15) is 18.0 Å². The first-order valence-electron chi connectivity index (χ1n) is 23.4. The van der Waals surface area contributed by atoms with E-state index in [1.54, 1.807) is 39.5 Å². The molecule has 0 spiro atoms. The maximum Gasteiger partial charge on any atom is 0.573 e. The number of fused-ring (bicyclic) bond motifs is 1. The van der Waals surface area contributed by atoms with Gasteiger partial charge in [0.1, 0.15) is 29.4 Å². The molecule has 372 valence electrons. The Morgan fingerprint density at radius 3 is 2.07 bits per heavy atom. The summed E-state index contributed by atoms with van der Waals surface area (Å²) in [5.74, 6) is 2.17. The number of benzene rings is 5. The molecule has 12 nitrogen and oxygen atoms in total. The topological polar surface area (TPSA) is 111 Å². The number of rotatable bonds is 20. The lowest BCUT2D eigenvalue weighted by Crippen LogP contribution is -2.61. The molecular formula is C53H59Cl2F3N6O6. The third kappa shape index (κ3) is 12.8. The molecule has 0 saturated carbocycles. The average molecular weight is 1000 g/mol. The van der Waals surface area contributed by atoms with Crippen LogP contribution in [0, 0.1) is 0 Å². The van der Waals surface area contributed by atoms with E-state index < -0.39 is 11.9 Å². The molecule has 0 bridgehead atoms. The highest BCUT2D eigenvalue weighted by molar-refractivity contribution is 6.36. The number of hydrogen-bond donors (Lipinski definition) is 3. The predicted molar refractivity (Wildman–Crippen MR) is 267 cm³/mol. The number of piperazine rings is 1. The van der Waals surface area contributed by atoms with Crippen LogP contribution in [0.1, 0.15) is 41.5 Å². The molecule has 3 N–H and O–H groups in total. The first-order chi connectivity index (χ1) is 33.8. The fourth-order valence-electron chi connectivity index (χ4n) is 9.25. The molecule has 1 amide bonds. The number of halogens is 5. The number of aryl methyl sites for hydroxylation is 1. The van der Waals surface area contributed by atoms with Gasteiger partial charge in [-0.15, -0.1) is 13.2 Å². The molecule has 3 heterocycles. The summed E-state index contributed by atoms with van der Waals surface area (Å²) < 4.78 is 68.1. The van der Waals surface area contributed by atoms with Crippen molar-refractivity contribution in [1.82, 2.24) is 30.3 Å². The summed E-state index contributed by atoms with van der Waals surface area (Å²) in [6, 6.07) is 29.4. The monoisotopic (exact) mass is 1000 g/mol. The van der Waals surface area contributed by atoms with E-state index >= 15 is 0 Å². The van der Waals surface area contributed by atoms with E-state index in [2.05, 4.69) is 53.3 Å². The zero-order valence-corrected chi connectivity index (χ0v) is 41.1. The summed E-state index contributed by atoms with van der Waals surface area (Å²) in [7, 11) is 4.81. The van der Waals surface area contributed by atoms with Gasteiger partial charge in [0.15, 0.2) is 11.5 Å². The first-order valence-corrected chi connectivity index (χ1v) is 24.2. The van der Waals surface area contributed by atoms with Crippen LogP contribution in [-0.4, -0.2) is 99.3 Å². The lowest BCUT2D eigenvalue weighted by Gasteiger charge is -2.37. The smallest absolute Gasteiger partial charge is 0.497 e. The van der Waals surface area contributed by atoms with Crippen molar-refractivity contribution < 1.29 is 41.7 Å². The highest BCUT2D eigenvalue weighted by Crippen LogP contribution is 2.35. The van der Waals surface area contributed by atoms with E-state index in [1.165, 1.54) is 12.1 Å². The Labute approximate surface area is 416 Å². The lowest BCUT2D eigenvalue weighted by atomic mass is 9.87. The predicted octanol–water partition coefficient (Wildman–Crippen LogP) is 9.85. The van der Waals surface area contributed by atoms with Gasteiger partial charge >= 0.3 is 6.36 Å². The molecule has 2 saturated heterocycles. The van der Waals surface area contributed by atoms with Gasteiger partial charge in [0.05, 0.1) is 21.3 Å². The SMILES string of the molecule is COc1cc(COc2ccc(CNC3(C(=O)NCCCn4cc(-c5ccc(OC(F)(F)F)cc5)c5cc(CN6CCN(Cc7c(Cl)cccc7Cl)CC6)ccc54)CCNCC3)cc2OC)cc(OC)c1. The van der Waals surface area contributed by atoms with Gasteiger partial charge in [-0.3, -0.25) is 19.9 Å². The fraction of sp³-hybridized carbons (Fsp3) is 0.377. The summed E-state index contributed by atoms with van der Waals surface area (Å²) in [4.78, 5) is 18.9. The minimum absolute atomic E-state index is 0.0491. The number of carbonyl (C=O) groups excluding carboxylic acids is 1. The quantitative estimate of drug-likeness (QED) is 0.0640. The van der Waals surface area contributed by atoms with Crippen LogP contribution in [0.25, 0.3) is 22.0 Å². The molecule has 70 heavy (non-hydrogen) atoms. The first kappa shape index (κ1) is 50.7. The lowest BCUT2D eigenvalue weighted by molar-refractivity contribution is -0.274. The fourth-order valence-corrected chi connectivity index (χ4v) is 9.76. The van der Waals surface area contributed by atoms with Crippen LogP contribution in [0.15, 0.2) is 103 Å². The average Bonchev–Trinajstić information content (AvgIpc) is 3.72. The zero-order chi connectivity index (χ0) is 49.3. The highest BCUT2D eigenvalue weighted by atomic mass is 35.5. The summed E-state index contributed by atoms with van der Waals surface area (Å²) in [5.41, 5.74) is 5.77. The number of carbonyl (C=O) groups is 1. The van der Waals surface area contributed by atoms with Crippen LogP contribution < -0.4 is 39.6 Å². The van der Waals surface area contributed by atoms with Crippen LogP contribution in [0.2, 0.25) is 10.0 Å². The van der Waals surface area contributed by atoms with Crippen LogP contribution >= 0.6 is 23.2 Å². The van der Waals surface area contributed by atoms with Crippen LogP contribution in [-0.2, 0) is 37.6 Å². The molecular weight excluding hydrogens is 945 g/mol. The molecule has 2 aliphatic rings. The molecule has 8 rings (SSSR count). The van der Waals surface area contributed by atoms with Gasteiger partial charge in [0.25, 0.3) is 0 Å². The van der Waals surface area contributed by atoms with Crippen molar-refractivity contribution in [2.45, 2.75) is 63.9 Å². The van der Waals surface area contributed by atoms with Crippen molar-refractivity contribution in [3.63, 3.8) is 0 Å². The van der Waals surface area contributed by atoms with Gasteiger partial charge in [0.2, 0.25) is 5.91 Å². The van der Waals surface area contributed by atoms with E-state index in [4.69, 9.17) is 42.1 Å². The van der Waals surface area contributed by atoms with Crippen LogP contribution in [0.5, 0.6) is 28.7 Å². The standard InChI is InChI=1S/C53H59Cl2F3N6O6/c1-66-41-26-38(27-42(30-41)67-2)35-69-49-15-9-36(29-50(49)68-3)31-61-52(16-19-59-20-17-52)51(65)60-18-5-21-64-34-44(39-10-12-40(13-11-39)70-53(56,57)58)43-28-37(8-14-48(43)64)32-62-22-24-63(25-23-62)33-45-46(54)6-4-7-47(45)55/h4,6-15,26-30,34,59,61H,5,16-25,31-33,35H2,1-3H3,(H,60,65). The Morgan fingerprint density at radius 1 is 0.743 bits per heavy atom. The Morgan fingerprint density at radius 2 is 1.41 bits per heavy atom. The third-order valence-electron chi connectivity index (χ3n) is 13.1. The van der Waals surface area contributed by atoms with Crippen molar-refractivity contribution >= 4 is 40.0 Å². The minimum Gasteiger partial charge on any atom is -0.497 e. The highest BCUT2D eigenvalue weighted by Gasteiger charge is 2.39. The Hall–Kier alpha value is -5.68. The molecule has 5 aromatic carbocycles. The number of nitrogens with one attached hydrogen (secondary N) is 3. The van der Waals surface area contributed by atoms with Gasteiger partial charge in [-0.05, 0) is 115 Å². The van der Waals surface area contributed by atoms with Gasteiger partial charge in [-0.2, -0.15) is 0 Å². The molecule has 2 aliphatic heterocycles. The Balaban J connectivity index is 0.909. The second kappa shape index (κ2) is 23.0. The molecule has 6 aromatic rings. The molecule has 0 unspecified atom stereocenters. The molecule has 0 atom stereocenters. The van der Waals surface area contributed by atoms with Crippen molar-refractivity contribution in [1.29, 1.82) is 0 Å². The number of hydrogen-bond acceptors (Lipinski definition) is 10. The van der Waals surface area contributed by atoms with E-state index in [1.807, 2.05) is 54.7 Å². The number of aromatic nitrogens is 1. The zero-order valence-electron chi connectivity index (χ0n) is 39.6. The number of alkyl halides is 3. The number of ether oxygens (including phenoxy) is 5. The molecule has 2 fully saturated rings. The maximum absolute atomic E-state index is 14.1. The normalized spacial score (nSPS) is 15.4. The van der Waals surface area contributed by atoms with Gasteiger partial charge in [0, 0.05) is 103 Å². The number of methoxy groups -OCH3 is 3. The Kier molecular flexibility index (Phi) is 16.7. The van der Waals surface area contributed by atoms with Crippen molar-refractivity contribution in [2.75, 3.05) is 67.1 Å².